The Hall–Kier alpha value is -1.63. The minimum absolute atomic E-state index is 0.0956. The number of unbranched alkanes of at least 4 members (excludes halogenated alkanes) is 6. The SMILES string of the molecule is C#CCCCC1(CC/C=C\CCCCCCCC(N)=O)N=N1. The van der Waals surface area contributed by atoms with E-state index < -0.39 is 0 Å². The minimum atomic E-state index is -0.186. The van der Waals surface area contributed by atoms with Crippen LogP contribution >= 0.6 is 0 Å². The summed E-state index contributed by atoms with van der Waals surface area (Å²) in [6.07, 6.45) is 22.0. The summed E-state index contributed by atoms with van der Waals surface area (Å²) in [6.45, 7) is 0. The molecule has 1 aliphatic heterocycles. The van der Waals surface area contributed by atoms with Crippen LogP contribution in [0.4, 0.5) is 0 Å². The van der Waals surface area contributed by atoms with E-state index >= 15 is 0 Å². The molecule has 22 heavy (non-hydrogen) atoms. The summed E-state index contributed by atoms with van der Waals surface area (Å²) in [5, 5.41) is 8.37. The van der Waals surface area contributed by atoms with Gasteiger partial charge in [0.25, 0.3) is 0 Å². The lowest BCUT2D eigenvalue weighted by Crippen LogP contribution is -2.09. The van der Waals surface area contributed by atoms with Crippen LogP contribution in [-0.4, -0.2) is 11.6 Å². The number of carbonyl (C=O) groups excluding carboxylic acids is 1. The first kappa shape index (κ1) is 18.4. The molecule has 0 bridgehead atoms. The molecular weight excluding hydrogens is 274 g/mol. The molecule has 122 valence electrons. The zero-order valence-corrected chi connectivity index (χ0v) is 13.6. The van der Waals surface area contributed by atoms with Gasteiger partial charge in [-0.15, -0.1) is 12.3 Å². The molecule has 0 aromatic rings. The molecule has 0 aliphatic carbocycles. The van der Waals surface area contributed by atoms with Crippen LogP contribution in [0.3, 0.4) is 0 Å². The monoisotopic (exact) mass is 303 g/mol. The van der Waals surface area contributed by atoms with Crippen molar-refractivity contribution in [2.45, 2.75) is 82.7 Å². The highest BCUT2D eigenvalue weighted by molar-refractivity contribution is 5.73. The lowest BCUT2D eigenvalue weighted by molar-refractivity contribution is -0.118. The number of amides is 1. The third-order valence-corrected chi connectivity index (χ3v) is 3.95. The van der Waals surface area contributed by atoms with Gasteiger partial charge in [-0.05, 0) is 44.9 Å². The van der Waals surface area contributed by atoms with Gasteiger partial charge in [0.15, 0.2) is 5.66 Å². The van der Waals surface area contributed by atoms with E-state index in [0.29, 0.717) is 6.42 Å². The fourth-order valence-corrected chi connectivity index (χ4v) is 2.51. The van der Waals surface area contributed by atoms with E-state index in [9.17, 15) is 4.79 Å². The molecular formula is C18H29N3O. The van der Waals surface area contributed by atoms with E-state index in [2.05, 4.69) is 28.3 Å². The number of rotatable bonds is 14. The molecule has 0 fully saturated rings. The highest BCUT2D eigenvalue weighted by atomic mass is 16.1. The van der Waals surface area contributed by atoms with Crippen molar-refractivity contribution in [3.63, 3.8) is 0 Å². The van der Waals surface area contributed by atoms with Crippen molar-refractivity contribution >= 4 is 5.91 Å². The molecule has 1 aliphatic rings. The third-order valence-electron chi connectivity index (χ3n) is 3.95. The van der Waals surface area contributed by atoms with Crippen molar-refractivity contribution < 1.29 is 4.79 Å². The molecule has 1 heterocycles. The molecule has 0 aromatic carbocycles. The number of terminal acetylenes is 1. The van der Waals surface area contributed by atoms with Crippen LogP contribution in [0.15, 0.2) is 22.4 Å². The predicted molar refractivity (Wildman–Crippen MR) is 90.2 cm³/mol. The molecule has 0 atom stereocenters. The second kappa shape index (κ2) is 11.0. The van der Waals surface area contributed by atoms with Crippen LogP contribution in [0.5, 0.6) is 0 Å². The maximum atomic E-state index is 10.6. The van der Waals surface area contributed by atoms with E-state index in [4.69, 9.17) is 12.2 Å². The van der Waals surface area contributed by atoms with E-state index in [1.54, 1.807) is 0 Å². The topological polar surface area (TPSA) is 67.8 Å². The number of nitrogens with zero attached hydrogens (tertiary/aromatic N) is 2. The van der Waals surface area contributed by atoms with Crippen molar-refractivity contribution in [1.82, 2.24) is 0 Å². The van der Waals surface area contributed by atoms with Crippen molar-refractivity contribution in [3.05, 3.63) is 12.2 Å². The van der Waals surface area contributed by atoms with Gasteiger partial charge < -0.3 is 5.73 Å². The summed E-state index contributed by atoms with van der Waals surface area (Å²) in [5.41, 5.74) is 5.00. The molecule has 0 unspecified atom stereocenters. The number of carbonyl (C=O) groups is 1. The van der Waals surface area contributed by atoms with Crippen LogP contribution in [0.1, 0.15) is 77.0 Å². The summed E-state index contributed by atoms with van der Waals surface area (Å²) >= 11 is 0. The number of hydrogen-bond donors (Lipinski definition) is 1. The number of primary amides is 1. The minimum Gasteiger partial charge on any atom is -0.370 e. The normalized spacial score (nSPS) is 15.0. The van der Waals surface area contributed by atoms with Crippen LogP contribution in [0, 0.1) is 12.3 Å². The predicted octanol–water partition coefficient (Wildman–Crippen LogP) is 4.50. The van der Waals surface area contributed by atoms with Crippen LogP contribution < -0.4 is 5.73 Å². The zero-order chi connectivity index (χ0) is 16.1. The van der Waals surface area contributed by atoms with Gasteiger partial charge in [0.05, 0.1) is 0 Å². The lowest BCUT2D eigenvalue weighted by atomic mass is 10.0. The Kier molecular flexibility index (Phi) is 9.21. The Morgan fingerprint density at radius 3 is 2.36 bits per heavy atom. The quantitative estimate of drug-likeness (QED) is 0.286. The summed E-state index contributed by atoms with van der Waals surface area (Å²) in [7, 11) is 0. The summed E-state index contributed by atoms with van der Waals surface area (Å²) in [6, 6.07) is 0. The average molecular weight is 303 g/mol. The Bertz CT molecular complexity index is 415. The van der Waals surface area contributed by atoms with Crippen molar-refractivity contribution in [2.24, 2.45) is 16.0 Å². The molecule has 0 aromatic heterocycles. The molecule has 2 N–H and O–H groups in total. The Labute approximate surface area is 134 Å². The fraction of sp³-hybridized carbons (Fsp3) is 0.722. The van der Waals surface area contributed by atoms with Crippen LogP contribution in [0.2, 0.25) is 0 Å². The van der Waals surface area contributed by atoms with Crippen LogP contribution in [-0.2, 0) is 4.79 Å². The molecule has 4 nitrogen and oxygen atoms in total. The molecule has 1 amide bonds. The standard InChI is InChI=1S/C18H29N3O/c1-2-3-12-15-18(20-21-18)16-13-10-8-6-4-5-7-9-11-14-17(19)22/h1,8,10H,3-7,9,11-16H2,(H2,19,22)/b10-8-. The molecule has 0 radical (unpaired) electrons. The Balaban J connectivity index is 1.88. The lowest BCUT2D eigenvalue weighted by Gasteiger charge is -2.07. The first-order valence-corrected chi connectivity index (χ1v) is 8.49. The van der Waals surface area contributed by atoms with Gasteiger partial charge in [-0.25, -0.2) is 0 Å². The third kappa shape index (κ3) is 9.33. The highest BCUT2D eigenvalue weighted by Gasteiger charge is 2.37. The van der Waals surface area contributed by atoms with Gasteiger partial charge >= 0.3 is 0 Å². The maximum Gasteiger partial charge on any atom is 0.217 e. The van der Waals surface area contributed by atoms with Crippen LogP contribution in [0.25, 0.3) is 0 Å². The van der Waals surface area contributed by atoms with E-state index in [0.717, 1.165) is 51.4 Å². The number of hydrogen-bond acceptors (Lipinski definition) is 3. The average Bonchev–Trinajstić information content (AvgIpc) is 3.25. The number of allylic oxidation sites excluding steroid dienone is 2. The summed E-state index contributed by atoms with van der Waals surface area (Å²) < 4.78 is 0. The maximum absolute atomic E-state index is 10.6. The van der Waals surface area contributed by atoms with Crippen molar-refractivity contribution in [2.75, 3.05) is 0 Å². The van der Waals surface area contributed by atoms with Gasteiger partial charge in [0, 0.05) is 12.8 Å². The molecule has 0 saturated heterocycles. The summed E-state index contributed by atoms with van der Waals surface area (Å²) in [5.74, 6) is 2.48. The summed E-state index contributed by atoms with van der Waals surface area (Å²) in [4.78, 5) is 10.6. The second-order valence-electron chi connectivity index (χ2n) is 6.02. The molecule has 1 rings (SSSR count). The van der Waals surface area contributed by atoms with Gasteiger partial charge in [0.1, 0.15) is 0 Å². The first-order chi connectivity index (χ1) is 10.7. The van der Waals surface area contributed by atoms with E-state index in [1.165, 1.54) is 19.3 Å². The second-order valence-corrected chi connectivity index (χ2v) is 6.02. The van der Waals surface area contributed by atoms with E-state index in [1.807, 2.05) is 0 Å². The van der Waals surface area contributed by atoms with E-state index in [-0.39, 0.29) is 11.6 Å². The van der Waals surface area contributed by atoms with Gasteiger partial charge in [0.2, 0.25) is 5.91 Å². The Morgan fingerprint density at radius 1 is 1.00 bits per heavy atom. The van der Waals surface area contributed by atoms with Gasteiger partial charge in [-0.1, -0.05) is 31.4 Å². The fourth-order valence-electron chi connectivity index (χ4n) is 2.51. The van der Waals surface area contributed by atoms with Gasteiger partial charge in [-0.2, -0.15) is 10.2 Å². The smallest absolute Gasteiger partial charge is 0.217 e. The molecule has 0 saturated carbocycles. The largest absolute Gasteiger partial charge is 0.370 e. The van der Waals surface area contributed by atoms with Gasteiger partial charge in [-0.3, -0.25) is 4.79 Å². The molecule has 4 heteroatoms. The highest BCUT2D eigenvalue weighted by Crippen LogP contribution is 2.38. The van der Waals surface area contributed by atoms with Crippen molar-refractivity contribution in [1.29, 1.82) is 0 Å². The number of nitrogens with two attached hydrogens (primary N) is 1. The zero-order valence-electron chi connectivity index (χ0n) is 13.6. The Morgan fingerprint density at radius 2 is 1.68 bits per heavy atom. The first-order valence-electron chi connectivity index (χ1n) is 8.49. The molecule has 0 spiro atoms. The van der Waals surface area contributed by atoms with Crippen molar-refractivity contribution in [3.8, 4) is 12.3 Å².